The number of carbonyl (C=O) groups excluding carboxylic acids is 1. The largest absolute Gasteiger partial charge is 0.393 e. The molecule has 26 heavy (non-hydrogen) atoms. The Kier molecular flexibility index (Phi) is 4.47. The first-order valence-electron chi connectivity index (χ1n) is 9.13. The molecule has 1 saturated heterocycles. The lowest BCUT2D eigenvalue weighted by Gasteiger charge is -2.34. The third-order valence-corrected chi connectivity index (χ3v) is 5.27. The van der Waals surface area contributed by atoms with Crippen molar-refractivity contribution in [3.63, 3.8) is 0 Å². The molecule has 1 aliphatic rings. The second-order valence-electron chi connectivity index (χ2n) is 7.04. The zero-order chi connectivity index (χ0) is 18.1. The summed E-state index contributed by atoms with van der Waals surface area (Å²) in [6.45, 7) is 3.20. The van der Waals surface area contributed by atoms with Crippen molar-refractivity contribution < 1.29 is 9.90 Å². The van der Waals surface area contributed by atoms with Gasteiger partial charge in [0.2, 0.25) is 0 Å². The van der Waals surface area contributed by atoms with E-state index in [4.69, 9.17) is 0 Å². The van der Waals surface area contributed by atoms with Crippen LogP contribution in [-0.4, -0.2) is 44.7 Å². The van der Waals surface area contributed by atoms with Gasteiger partial charge in [0.1, 0.15) is 6.33 Å². The molecule has 3 aromatic rings. The van der Waals surface area contributed by atoms with E-state index in [9.17, 15) is 9.90 Å². The number of likely N-dealkylation sites (tertiary alicyclic amines) is 1. The fourth-order valence-electron chi connectivity index (χ4n) is 3.70. The summed E-state index contributed by atoms with van der Waals surface area (Å²) in [6.07, 6.45) is 3.36. The molecule has 0 aliphatic carbocycles. The fourth-order valence-corrected chi connectivity index (χ4v) is 3.70. The third kappa shape index (κ3) is 3.10. The number of nitrogens with zero attached hydrogens (tertiary/aromatic N) is 3. The van der Waals surface area contributed by atoms with E-state index in [1.54, 1.807) is 6.33 Å². The quantitative estimate of drug-likeness (QED) is 0.790. The number of amides is 1. The summed E-state index contributed by atoms with van der Waals surface area (Å²) in [5.41, 5.74) is 3.66. The molecular formula is C21H23N3O2. The van der Waals surface area contributed by atoms with Gasteiger partial charge >= 0.3 is 0 Å². The summed E-state index contributed by atoms with van der Waals surface area (Å²) >= 11 is 0. The first-order valence-corrected chi connectivity index (χ1v) is 9.13. The maximum absolute atomic E-state index is 12.8. The second-order valence-corrected chi connectivity index (χ2v) is 7.04. The molecule has 1 aromatic heterocycles. The van der Waals surface area contributed by atoms with Crippen molar-refractivity contribution in [1.82, 2.24) is 14.5 Å². The van der Waals surface area contributed by atoms with E-state index in [1.807, 2.05) is 64.9 Å². The number of benzene rings is 2. The van der Waals surface area contributed by atoms with Crippen molar-refractivity contribution in [2.75, 3.05) is 13.1 Å². The van der Waals surface area contributed by atoms with Crippen LogP contribution in [0.2, 0.25) is 0 Å². The summed E-state index contributed by atoms with van der Waals surface area (Å²) in [4.78, 5) is 19.1. The molecule has 5 nitrogen and oxygen atoms in total. The summed E-state index contributed by atoms with van der Waals surface area (Å²) in [5, 5.41) is 9.83. The van der Waals surface area contributed by atoms with Crippen molar-refractivity contribution in [2.45, 2.75) is 25.9 Å². The number of imidazole rings is 1. The summed E-state index contributed by atoms with van der Waals surface area (Å²) in [6, 6.07) is 15.6. The second kappa shape index (κ2) is 6.92. The molecule has 0 bridgehead atoms. The summed E-state index contributed by atoms with van der Waals surface area (Å²) in [5.74, 6) is 0.210. The molecule has 4 rings (SSSR count). The molecule has 1 amide bonds. The lowest BCUT2D eigenvalue weighted by molar-refractivity contribution is 0.0466. The molecule has 2 atom stereocenters. The minimum atomic E-state index is -0.373. The summed E-state index contributed by atoms with van der Waals surface area (Å²) < 4.78 is 2.02. The molecule has 0 radical (unpaired) electrons. The van der Waals surface area contributed by atoms with Gasteiger partial charge in [-0.25, -0.2) is 4.98 Å². The monoisotopic (exact) mass is 349 g/mol. The number of rotatable bonds is 3. The van der Waals surface area contributed by atoms with Crippen LogP contribution in [0.15, 0.2) is 54.9 Å². The molecular weight excluding hydrogens is 326 g/mol. The lowest BCUT2D eigenvalue weighted by Crippen LogP contribution is -2.42. The molecule has 1 N–H and O–H groups in total. The van der Waals surface area contributed by atoms with E-state index in [1.165, 1.54) is 0 Å². The van der Waals surface area contributed by atoms with Gasteiger partial charge in [-0.15, -0.1) is 0 Å². The first kappa shape index (κ1) is 16.8. The van der Waals surface area contributed by atoms with Crippen LogP contribution in [0.5, 0.6) is 0 Å². The van der Waals surface area contributed by atoms with E-state index in [2.05, 4.69) is 4.98 Å². The minimum absolute atomic E-state index is 0.0392. The number of fused-ring (bicyclic) bond motifs is 1. The Hall–Kier alpha value is -2.66. The molecule has 2 aromatic carbocycles. The number of aliphatic hydroxyl groups is 1. The van der Waals surface area contributed by atoms with Gasteiger partial charge in [-0.05, 0) is 56.2 Å². The maximum atomic E-state index is 12.8. The SMILES string of the molecule is CC(O)C1CCCN(C(=O)c2ccc(-n3cnc4ccccc43)cc2)C1. The Morgan fingerprint density at radius 3 is 2.73 bits per heavy atom. The number of piperidine rings is 1. The van der Waals surface area contributed by atoms with Crippen LogP contribution in [0.1, 0.15) is 30.1 Å². The lowest BCUT2D eigenvalue weighted by atomic mass is 9.93. The van der Waals surface area contributed by atoms with Crippen LogP contribution in [0.3, 0.4) is 0 Å². The predicted molar refractivity (Wildman–Crippen MR) is 101 cm³/mol. The Balaban J connectivity index is 1.55. The van der Waals surface area contributed by atoms with Gasteiger partial charge in [0, 0.05) is 30.3 Å². The average molecular weight is 349 g/mol. The van der Waals surface area contributed by atoms with Gasteiger partial charge in [0.25, 0.3) is 5.91 Å². The van der Waals surface area contributed by atoms with Crippen LogP contribution >= 0.6 is 0 Å². The van der Waals surface area contributed by atoms with Gasteiger partial charge in [-0.3, -0.25) is 9.36 Å². The Morgan fingerprint density at radius 1 is 1.19 bits per heavy atom. The van der Waals surface area contributed by atoms with E-state index in [-0.39, 0.29) is 17.9 Å². The average Bonchev–Trinajstić information content (AvgIpc) is 3.12. The van der Waals surface area contributed by atoms with Crippen LogP contribution in [0.4, 0.5) is 0 Å². The number of carbonyl (C=O) groups is 1. The van der Waals surface area contributed by atoms with Gasteiger partial charge in [0.15, 0.2) is 0 Å². The van der Waals surface area contributed by atoms with Crippen molar-refractivity contribution in [3.8, 4) is 5.69 Å². The molecule has 0 saturated carbocycles. The third-order valence-electron chi connectivity index (χ3n) is 5.27. The van der Waals surface area contributed by atoms with Crippen molar-refractivity contribution in [1.29, 1.82) is 0 Å². The van der Waals surface area contributed by atoms with E-state index < -0.39 is 0 Å². The van der Waals surface area contributed by atoms with E-state index >= 15 is 0 Å². The Bertz CT molecular complexity index is 914. The predicted octanol–water partition coefficient (Wildman–Crippen LogP) is 3.26. The normalized spacial score (nSPS) is 18.8. The Labute approximate surface area is 152 Å². The van der Waals surface area contributed by atoms with Gasteiger partial charge < -0.3 is 10.0 Å². The number of para-hydroxylation sites is 2. The number of hydrogen-bond acceptors (Lipinski definition) is 3. The maximum Gasteiger partial charge on any atom is 0.253 e. The van der Waals surface area contributed by atoms with Crippen LogP contribution in [0, 0.1) is 5.92 Å². The standard InChI is InChI=1S/C21H23N3O2/c1-15(25)17-5-4-12-23(13-17)21(26)16-8-10-18(11-9-16)24-14-22-19-6-2-3-7-20(19)24/h2-3,6-11,14-15,17,25H,4-5,12-13H2,1H3. The highest BCUT2D eigenvalue weighted by Gasteiger charge is 2.27. The smallest absolute Gasteiger partial charge is 0.253 e. The highest BCUT2D eigenvalue weighted by Crippen LogP contribution is 2.22. The number of hydrogen-bond donors (Lipinski definition) is 1. The van der Waals surface area contributed by atoms with Crippen LogP contribution in [0.25, 0.3) is 16.7 Å². The topological polar surface area (TPSA) is 58.4 Å². The van der Waals surface area contributed by atoms with E-state index in [0.29, 0.717) is 12.1 Å². The molecule has 134 valence electrons. The number of aromatic nitrogens is 2. The highest BCUT2D eigenvalue weighted by atomic mass is 16.3. The summed E-state index contributed by atoms with van der Waals surface area (Å²) in [7, 11) is 0. The molecule has 1 fully saturated rings. The first-order chi connectivity index (χ1) is 12.6. The zero-order valence-electron chi connectivity index (χ0n) is 14.9. The Morgan fingerprint density at radius 2 is 1.96 bits per heavy atom. The van der Waals surface area contributed by atoms with Crippen molar-refractivity contribution >= 4 is 16.9 Å². The van der Waals surface area contributed by atoms with Gasteiger partial charge in [-0.1, -0.05) is 12.1 Å². The van der Waals surface area contributed by atoms with Crippen LogP contribution in [-0.2, 0) is 0 Å². The molecule has 2 unspecified atom stereocenters. The number of aliphatic hydroxyl groups excluding tert-OH is 1. The molecule has 2 heterocycles. The van der Waals surface area contributed by atoms with Gasteiger partial charge in [0.05, 0.1) is 17.1 Å². The zero-order valence-corrected chi connectivity index (χ0v) is 14.9. The molecule has 5 heteroatoms. The van der Waals surface area contributed by atoms with Crippen molar-refractivity contribution in [3.05, 3.63) is 60.4 Å². The molecule has 1 aliphatic heterocycles. The van der Waals surface area contributed by atoms with Gasteiger partial charge in [-0.2, -0.15) is 0 Å². The minimum Gasteiger partial charge on any atom is -0.393 e. The fraction of sp³-hybridized carbons (Fsp3) is 0.333. The highest BCUT2D eigenvalue weighted by molar-refractivity contribution is 5.94. The molecule has 0 spiro atoms. The van der Waals surface area contributed by atoms with E-state index in [0.717, 1.165) is 36.1 Å². The van der Waals surface area contributed by atoms with Crippen molar-refractivity contribution in [2.24, 2.45) is 5.92 Å². The van der Waals surface area contributed by atoms with Crippen LogP contribution < -0.4 is 0 Å².